The first-order valence-electron chi connectivity index (χ1n) is 7.58. The van der Waals surface area contributed by atoms with Crippen LogP contribution in [0.5, 0.6) is 0 Å². The summed E-state index contributed by atoms with van der Waals surface area (Å²) in [5, 5.41) is 13.3. The van der Waals surface area contributed by atoms with Gasteiger partial charge >= 0.3 is 5.97 Å². The topological polar surface area (TPSA) is 65.1 Å². The summed E-state index contributed by atoms with van der Waals surface area (Å²) in [6.45, 7) is 0. The van der Waals surface area contributed by atoms with E-state index in [0.717, 1.165) is 28.2 Å². The van der Waals surface area contributed by atoms with Crippen LogP contribution < -0.4 is 5.32 Å². The number of benzene rings is 2. The molecule has 1 aliphatic rings. The largest absolute Gasteiger partial charge is 0.480 e. The van der Waals surface area contributed by atoms with E-state index in [2.05, 4.69) is 10.3 Å². The molecule has 0 amide bonds. The van der Waals surface area contributed by atoms with Crippen LogP contribution in [0.2, 0.25) is 0 Å². The fraction of sp³-hybridized carbons (Fsp3) is 0.167. The molecular weight excluding hydrogens is 314 g/mol. The van der Waals surface area contributed by atoms with Crippen molar-refractivity contribution in [1.82, 2.24) is 10.3 Å². The molecule has 1 aromatic heterocycles. The molecule has 4 nitrogen and oxygen atoms in total. The van der Waals surface area contributed by atoms with Gasteiger partial charge in [0.2, 0.25) is 0 Å². The van der Waals surface area contributed by atoms with Crippen molar-refractivity contribution in [2.24, 2.45) is 0 Å². The third kappa shape index (κ3) is 2.27. The number of fused-ring (bicyclic) bond motifs is 3. The number of rotatable bonds is 2. The van der Waals surface area contributed by atoms with Gasteiger partial charge in [0.25, 0.3) is 0 Å². The second kappa shape index (κ2) is 5.42. The summed E-state index contributed by atoms with van der Waals surface area (Å²) in [7, 11) is 0. The SMILES string of the molecule is O=C(O)[C@@H]1Cc2c([nH]c3ccccc23)[C@H](c2ccc(F)cc2F)N1. The van der Waals surface area contributed by atoms with Crippen LogP contribution in [0.4, 0.5) is 8.78 Å². The Morgan fingerprint density at radius 3 is 2.71 bits per heavy atom. The van der Waals surface area contributed by atoms with Gasteiger partial charge in [0, 0.05) is 34.6 Å². The Kier molecular flexibility index (Phi) is 3.35. The number of aromatic nitrogens is 1. The summed E-state index contributed by atoms with van der Waals surface area (Å²) in [6.07, 6.45) is 0.300. The van der Waals surface area contributed by atoms with Gasteiger partial charge in [0.1, 0.15) is 17.7 Å². The van der Waals surface area contributed by atoms with Crippen LogP contribution in [-0.2, 0) is 11.2 Å². The van der Waals surface area contributed by atoms with Crippen molar-refractivity contribution in [3.8, 4) is 0 Å². The molecule has 2 atom stereocenters. The lowest BCUT2D eigenvalue weighted by Gasteiger charge is -2.29. The van der Waals surface area contributed by atoms with Crippen LogP contribution in [0.15, 0.2) is 42.5 Å². The maximum Gasteiger partial charge on any atom is 0.321 e. The zero-order valence-electron chi connectivity index (χ0n) is 12.5. The van der Waals surface area contributed by atoms with Crippen LogP contribution in [0.25, 0.3) is 10.9 Å². The molecule has 0 aliphatic carbocycles. The highest BCUT2D eigenvalue weighted by Gasteiger charge is 2.34. The van der Waals surface area contributed by atoms with E-state index in [1.54, 1.807) is 0 Å². The van der Waals surface area contributed by atoms with Gasteiger partial charge in [0.15, 0.2) is 0 Å². The second-order valence-corrected chi connectivity index (χ2v) is 5.92. The third-order valence-electron chi connectivity index (χ3n) is 4.48. The molecule has 6 heteroatoms. The van der Waals surface area contributed by atoms with E-state index in [-0.39, 0.29) is 5.56 Å². The molecule has 0 spiro atoms. The molecule has 122 valence electrons. The van der Waals surface area contributed by atoms with Crippen molar-refractivity contribution in [2.75, 3.05) is 0 Å². The molecule has 3 N–H and O–H groups in total. The van der Waals surface area contributed by atoms with E-state index < -0.39 is 29.7 Å². The number of H-pyrrole nitrogens is 1. The maximum atomic E-state index is 14.3. The second-order valence-electron chi connectivity index (χ2n) is 5.92. The summed E-state index contributed by atoms with van der Waals surface area (Å²) in [5.74, 6) is -2.37. The number of aromatic amines is 1. The fourth-order valence-electron chi connectivity index (χ4n) is 3.37. The molecule has 2 aromatic carbocycles. The highest BCUT2D eigenvalue weighted by molar-refractivity contribution is 5.87. The Balaban J connectivity index is 1.92. The van der Waals surface area contributed by atoms with Crippen LogP contribution in [0, 0.1) is 11.6 Å². The van der Waals surface area contributed by atoms with Crippen molar-refractivity contribution in [1.29, 1.82) is 0 Å². The van der Waals surface area contributed by atoms with Gasteiger partial charge in [-0.2, -0.15) is 0 Å². The Morgan fingerprint density at radius 2 is 1.96 bits per heavy atom. The van der Waals surface area contributed by atoms with Gasteiger partial charge in [0.05, 0.1) is 6.04 Å². The van der Waals surface area contributed by atoms with E-state index in [9.17, 15) is 18.7 Å². The average Bonchev–Trinajstić information content (AvgIpc) is 2.93. The molecule has 4 rings (SSSR count). The number of aliphatic carboxylic acids is 1. The number of para-hydroxylation sites is 1. The minimum absolute atomic E-state index is 0.218. The molecule has 0 bridgehead atoms. The molecule has 0 unspecified atom stereocenters. The first-order chi connectivity index (χ1) is 11.5. The van der Waals surface area contributed by atoms with Crippen molar-refractivity contribution in [3.63, 3.8) is 0 Å². The molecule has 3 aromatic rings. The van der Waals surface area contributed by atoms with E-state index in [0.29, 0.717) is 6.42 Å². The standard InChI is InChI=1S/C18H14F2N2O2/c19-9-5-6-11(13(20)7-9)16-17-12(8-15(22-16)18(23)24)10-3-1-2-4-14(10)21-17/h1-7,15-16,21-22H,8H2,(H,23,24)/t15-,16-/m0/s1. The van der Waals surface area contributed by atoms with Crippen LogP contribution in [0.3, 0.4) is 0 Å². The monoisotopic (exact) mass is 328 g/mol. The molecule has 0 saturated carbocycles. The lowest BCUT2D eigenvalue weighted by atomic mass is 9.90. The number of halogens is 2. The van der Waals surface area contributed by atoms with Gasteiger partial charge in [-0.15, -0.1) is 0 Å². The lowest BCUT2D eigenvalue weighted by Crippen LogP contribution is -2.45. The third-order valence-corrected chi connectivity index (χ3v) is 4.48. The highest BCUT2D eigenvalue weighted by atomic mass is 19.1. The predicted octanol–water partition coefficient (Wildman–Crippen LogP) is 3.13. The first-order valence-corrected chi connectivity index (χ1v) is 7.58. The van der Waals surface area contributed by atoms with Crippen molar-refractivity contribution >= 4 is 16.9 Å². The predicted molar refractivity (Wildman–Crippen MR) is 84.8 cm³/mol. The molecular formula is C18H14F2N2O2. The normalized spacial score (nSPS) is 20.1. The molecule has 1 aliphatic heterocycles. The summed E-state index contributed by atoms with van der Waals surface area (Å²) in [6, 6.07) is 9.36. The summed E-state index contributed by atoms with van der Waals surface area (Å²) < 4.78 is 27.5. The highest BCUT2D eigenvalue weighted by Crippen LogP contribution is 2.36. The number of nitrogens with one attached hydrogen (secondary N) is 2. The Morgan fingerprint density at radius 1 is 1.17 bits per heavy atom. The average molecular weight is 328 g/mol. The van der Waals surface area contributed by atoms with E-state index in [1.165, 1.54) is 12.1 Å². The summed E-state index contributed by atoms with van der Waals surface area (Å²) >= 11 is 0. The van der Waals surface area contributed by atoms with E-state index >= 15 is 0 Å². The zero-order valence-corrected chi connectivity index (χ0v) is 12.5. The Hall–Kier alpha value is -2.73. The summed E-state index contributed by atoms with van der Waals surface area (Å²) in [5.41, 5.74) is 2.66. The lowest BCUT2D eigenvalue weighted by molar-refractivity contribution is -0.139. The van der Waals surface area contributed by atoms with Crippen LogP contribution in [-0.4, -0.2) is 22.1 Å². The summed E-state index contributed by atoms with van der Waals surface area (Å²) in [4.78, 5) is 14.8. The smallest absolute Gasteiger partial charge is 0.321 e. The zero-order chi connectivity index (χ0) is 16.8. The van der Waals surface area contributed by atoms with Crippen molar-refractivity contribution in [3.05, 3.63) is 70.9 Å². The molecule has 24 heavy (non-hydrogen) atoms. The van der Waals surface area contributed by atoms with Gasteiger partial charge in [-0.3, -0.25) is 10.1 Å². The van der Waals surface area contributed by atoms with Gasteiger partial charge in [-0.1, -0.05) is 24.3 Å². The first kappa shape index (κ1) is 14.8. The minimum Gasteiger partial charge on any atom is -0.480 e. The minimum atomic E-state index is -1.00. The molecule has 0 fully saturated rings. The number of carboxylic acids is 1. The van der Waals surface area contributed by atoms with Gasteiger partial charge < -0.3 is 10.1 Å². The molecule has 0 saturated heterocycles. The number of hydrogen-bond acceptors (Lipinski definition) is 2. The van der Waals surface area contributed by atoms with Crippen molar-refractivity contribution in [2.45, 2.75) is 18.5 Å². The molecule has 0 radical (unpaired) electrons. The van der Waals surface area contributed by atoms with Crippen LogP contribution in [0.1, 0.15) is 22.9 Å². The van der Waals surface area contributed by atoms with Crippen molar-refractivity contribution < 1.29 is 18.7 Å². The fourth-order valence-corrected chi connectivity index (χ4v) is 3.37. The Bertz CT molecular complexity index is 951. The van der Waals surface area contributed by atoms with E-state index in [1.807, 2.05) is 24.3 Å². The quantitative estimate of drug-likeness (QED) is 0.677. The number of carbonyl (C=O) groups is 1. The maximum absolute atomic E-state index is 14.3. The van der Waals surface area contributed by atoms with Gasteiger partial charge in [-0.25, -0.2) is 8.78 Å². The molecule has 2 heterocycles. The van der Waals surface area contributed by atoms with Crippen LogP contribution >= 0.6 is 0 Å². The van der Waals surface area contributed by atoms with E-state index in [4.69, 9.17) is 0 Å². The van der Waals surface area contributed by atoms with Gasteiger partial charge in [-0.05, 0) is 17.7 Å². The number of carboxylic acid groups (broad SMARTS) is 1. The number of hydrogen-bond donors (Lipinski definition) is 3. The Labute approximate surface area is 136 Å².